The molecule has 0 spiro atoms. The van der Waals surface area contributed by atoms with E-state index in [9.17, 15) is 4.79 Å². The van der Waals surface area contributed by atoms with Crippen LogP contribution in [0.15, 0.2) is 18.3 Å². The number of carbonyl (C=O) groups is 1. The minimum absolute atomic E-state index is 0.000709. The third-order valence-corrected chi connectivity index (χ3v) is 2.42. The molecule has 1 amide bonds. The molecule has 0 fully saturated rings. The summed E-state index contributed by atoms with van der Waals surface area (Å²) in [5.74, 6) is 0.000709. The zero-order valence-electron chi connectivity index (χ0n) is 11.5. The average molecular weight is 280 g/mol. The molecule has 1 heterocycles. The van der Waals surface area contributed by atoms with Gasteiger partial charge in [0.2, 0.25) is 5.91 Å². The van der Waals surface area contributed by atoms with E-state index >= 15 is 0 Å². The molecular formula is C13H20N4OS. The molecule has 1 aromatic heterocycles. The van der Waals surface area contributed by atoms with Gasteiger partial charge in [0.1, 0.15) is 10.7 Å². The highest BCUT2D eigenvalue weighted by atomic mass is 32.1. The molecule has 0 atom stereocenters. The Labute approximate surface area is 119 Å². The number of carbonyl (C=O) groups excluding carboxylic acids is 1. The van der Waals surface area contributed by atoms with Gasteiger partial charge in [0.15, 0.2) is 0 Å². The van der Waals surface area contributed by atoms with Crippen molar-refractivity contribution < 1.29 is 4.79 Å². The Hall–Kier alpha value is -1.69. The van der Waals surface area contributed by atoms with Gasteiger partial charge in [-0.25, -0.2) is 0 Å². The SMILES string of the molecule is CC(C)(C)NC(=O)CCNc1cccnc1C(N)=S. The number of thiocarbonyl (C=S) groups is 1. The van der Waals surface area contributed by atoms with Crippen molar-refractivity contribution in [1.29, 1.82) is 0 Å². The standard InChI is InChI=1S/C13H20N4OS/c1-13(2,3)17-10(18)6-8-15-9-5-4-7-16-11(9)12(14)19/h4-5,7,15H,6,8H2,1-3H3,(H2,14,19)(H,17,18). The normalized spacial score (nSPS) is 10.9. The van der Waals surface area contributed by atoms with Crippen molar-refractivity contribution in [3.63, 3.8) is 0 Å². The third-order valence-electron chi connectivity index (χ3n) is 2.22. The molecule has 19 heavy (non-hydrogen) atoms. The van der Waals surface area contributed by atoms with Gasteiger partial charge in [-0.15, -0.1) is 0 Å². The molecule has 0 aromatic carbocycles. The van der Waals surface area contributed by atoms with Gasteiger partial charge < -0.3 is 16.4 Å². The fourth-order valence-corrected chi connectivity index (χ4v) is 1.70. The first-order valence-corrected chi connectivity index (χ1v) is 6.50. The molecule has 0 aliphatic rings. The highest BCUT2D eigenvalue weighted by molar-refractivity contribution is 7.80. The highest BCUT2D eigenvalue weighted by Crippen LogP contribution is 2.11. The van der Waals surface area contributed by atoms with E-state index in [1.54, 1.807) is 12.3 Å². The van der Waals surface area contributed by atoms with Crippen LogP contribution in [0.5, 0.6) is 0 Å². The molecule has 6 heteroatoms. The summed E-state index contributed by atoms with van der Waals surface area (Å²) in [5, 5.41) is 6.02. The number of hydrogen-bond donors (Lipinski definition) is 3. The van der Waals surface area contributed by atoms with Crippen LogP contribution in [0.4, 0.5) is 5.69 Å². The second kappa shape index (κ2) is 6.47. The van der Waals surface area contributed by atoms with Crippen molar-refractivity contribution >= 4 is 28.8 Å². The van der Waals surface area contributed by atoms with E-state index in [0.29, 0.717) is 18.7 Å². The fraction of sp³-hybridized carbons (Fsp3) is 0.462. The van der Waals surface area contributed by atoms with E-state index in [1.807, 2.05) is 26.8 Å². The van der Waals surface area contributed by atoms with Gasteiger partial charge in [-0.05, 0) is 32.9 Å². The summed E-state index contributed by atoms with van der Waals surface area (Å²) in [6.07, 6.45) is 2.01. The van der Waals surface area contributed by atoms with Crippen LogP contribution in [-0.2, 0) is 4.79 Å². The van der Waals surface area contributed by atoms with E-state index in [2.05, 4.69) is 15.6 Å². The Morgan fingerprint density at radius 1 is 1.47 bits per heavy atom. The molecule has 5 nitrogen and oxygen atoms in total. The number of aromatic nitrogens is 1. The van der Waals surface area contributed by atoms with Crippen LogP contribution in [0.3, 0.4) is 0 Å². The molecule has 0 radical (unpaired) electrons. The number of nitrogens with zero attached hydrogens (tertiary/aromatic N) is 1. The van der Waals surface area contributed by atoms with Crippen molar-refractivity contribution in [3.8, 4) is 0 Å². The number of rotatable bonds is 5. The smallest absolute Gasteiger partial charge is 0.222 e. The number of amides is 1. The summed E-state index contributed by atoms with van der Waals surface area (Å²) in [4.78, 5) is 16.0. The molecule has 104 valence electrons. The Morgan fingerprint density at radius 3 is 2.74 bits per heavy atom. The summed E-state index contributed by atoms with van der Waals surface area (Å²) in [6.45, 7) is 6.35. The monoisotopic (exact) mass is 280 g/mol. The number of pyridine rings is 1. The van der Waals surface area contributed by atoms with Gasteiger partial charge in [0.05, 0.1) is 5.69 Å². The minimum atomic E-state index is -0.213. The predicted octanol–water partition coefficient (Wildman–Crippen LogP) is 1.43. The third kappa shape index (κ3) is 5.65. The highest BCUT2D eigenvalue weighted by Gasteiger charge is 2.13. The van der Waals surface area contributed by atoms with Crippen LogP contribution in [0.1, 0.15) is 32.9 Å². The van der Waals surface area contributed by atoms with Crippen LogP contribution < -0.4 is 16.4 Å². The summed E-state index contributed by atoms with van der Waals surface area (Å²) in [7, 11) is 0. The molecule has 1 aromatic rings. The maximum Gasteiger partial charge on any atom is 0.222 e. The zero-order chi connectivity index (χ0) is 14.5. The van der Waals surface area contributed by atoms with Crippen molar-refractivity contribution in [2.24, 2.45) is 5.73 Å². The maximum absolute atomic E-state index is 11.7. The quantitative estimate of drug-likeness (QED) is 0.711. The molecule has 0 saturated carbocycles. The first kappa shape index (κ1) is 15.4. The second-order valence-corrected chi connectivity index (χ2v) is 5.68. The summed E-state index contributed by atoms with van der Waals surface area (Å²) >= 11 is 4.92. The van der Waals surface area contributed by atoms with Crippen LogP contribution in [0.2, 0.25) is 0 Å². The number of nitrogens with one attached hydrogen (secondary N) is 2. The van der Waals surface area contributed by atoms with Crippen LogP contribution in [-0.4, -0.2) is 28.0 Å². The minimum Gasteiger partial charge on any atom is -0.388 e. The number of hydrogen-bond acceptors (Lipinski definition) is 4. The van der Waals surface area contributed by atoms with Crippen molar-refractivity contribution in [3.05, 3.63) is 24.0 Å². The van der Waals surface area contributed by atoms with Gasteiger partial charge in [-0.2, -0.15) is 0 Å². The lowest BCUT2D eigenvalue weighted by Crippen LogP contribution is -2.41. The molecule has 1 rings (SSSR count). The maximum atomic E-state index is 11.7. The largest absolute Gasteiger partial charge is 0.388 e. The molecule has 0 aliphatic heterocycles. The lowest BCUT2D eigenvalue weighted by atomic mass is 10.1. The molecular weight excluding hydrogens is 260 g/mol. The van der Waals surface area contributed by atoms with Crippen molar-refractivity contribution in [1.82, 2.24) is 10.3 Å². The van der Waals surface area contributed by atoms with Gasteiger partial charge >= 0.3 is 0 Å². The van der Waals surface area contributed by atoms with Crippen LogP contribution >= 0.6 is 12.2 Å². The molecule has 0 bridgehead atoms. The van der Waals surface area contributed by atoms with Gasteiger partial charge in [0, 0.05) is 24.7 Å². The van der Waals surface area contributed by atoms with Crippen molar-refractivity contribution in [2.45, 2.75) is 32.7 Å². The van der Waals surface area contributed by atoms with E-state index in [1.165, 1.54) is 0 Å². The van der Waals surface area contributed by atoms with Gasteiger partial charge in [-0.3, -0.25) is 9.78 Å². The predicted molar refractivity (Wildman–Crippen MR) is 81.1 cm³/mol. The zero-order valence-corrected chi connectivity index (χ0v) is 12.3. The van der Waals surface area contributed by atoms with E-state index in [4.69, 9.17) is 18.0 Å². The Kier molecular flexibility index (Phi) is 5.23. The summed E-state index contributed by atoms with van der Waals surface area (Å²) < 4.78 is 0. The fourth-order valence-electron chi connectivity index (χ4n) is 1.54. The van der Waals surface area contributed by atoms with Crippen LogP contribution in [0.25, 0.3) is 0 Å². The Morgan fingerprint density at radius 2 is 2.16 bits per heavy atom. The topological polar surface area (TPSA) is 80.0 Å². The van der Waals surface area contributed by atoms with Gasteiger partial charge in [0.25, 0.3) is 0 Å². The van der Waals surface area contributed by atoms with E-state index in [0.717, 1.165) is 5.69 Å². The first-order valence-electron chi connectivity index (χ1n) is 6.09. The lowest BCUT2D eigenvalue weighted by molar-refractivity contribution is -0.122. The van der Waals surface area contributed by atoms with E-state index in [-0.39, 0.29) is 16.4 Å². The Balaban J connectivity index is 2.50. The number of anilines is 1. The Bertz CT molecular complexity index is 468. The molecule has 4 N–H and O–H groups in total. The van der Waals surface area contributed by atoms with E-state index < -0.39 is 0 Å². The second-order valence-electron chi connectivity index (χ2n) is 5.24. The first-order chi connectivity index (χ1) is 8.79. The average Bonchev–Trinajstić information content (AvgIpc) is 2.27. The number of nitrogens with two attached hydrogens (primary N) is 1. The lowest BCUT2D eigenvalue weighted by Gasteiger charge is -2.20. The molecule has 0 aliphatic carbocycles. The van der Waals surface area contributed by atoms with Crippen molar-refractivity contribution in [2.75, 3.05) is 11.9 Å². The van der Waals surface area contributed by atoms with Gasteiger partial charge in [-0.1, -0.05) is 12.2 Å². The van der Waals surface area contributed by atoms with Crippen LogP contribution in [0, 0.1) is 0 Å². The molecule has 0 saturated heterocycles. The summed E-state index contributed by atoms with van der Waals surface area (Å²) in [6, 6.07) is 3.63. The molecule has 0 unspecified atom stereocenters. The summed E-state index contributed by atoms with van der Waals surface area (Å²) in [5.41, 5.74) is 6.66.